The second-order valence-corrected chi connectivity index (χ2v) is 7.67. The molecular formula is C18H20ClFN6O. The van der Waals surface area contributed by atoms with Crippen molar-refractivity contribution in [2.24, 2.45) is 10.6 Å². The fraction of sp³-hybridized carbons (Fsp3) is 0.278. The minimum atomic E-state index is -0.529. The number of hydrogen-bond donors (Lipinski definition) is 4. The zero-order valence-electron chi connectivity index (χ0n) is 15.1. The Kier molecular flexibility index (Phi) is 5.18. The van der Waals surface area contributed by atoms with Crippen LogP contribution in [-0.2, 0) is 0 Å². The number of imidazole rings is 1. The minimum Gasteiger partial charge on any atom is -0.409 e. The molecule has 9 heteroatoms. The van der Waals surface area contributed by atoms with Crippen molar-refractivity contribution in [1.29, 1.82) is 0 Å². The lowest BCUT2D eigenvalue weighted by molar-refractivity contribution is 0.319. The number of benzene rings is 1. The number of pyridine rings is 1. The van der Waals surface area contributed by atoms with Gasteiger partial charge < -0.3 is 20.8 Å². The lowest BCUT2D eigenvalue weighted by atomic mass is 9.97. The normalized spacial score (nSPS) is 12.4. The Morgan fingerprint density at radius 1 is 1.33 bits per heavy atom. The number of rotatable bonds is 4. The molecule has 1 aromatic carbocycles. The molecule has 0 bridgehead atoms. The molecule has 0 aliphatic carbocycles. The summed E-state index contributed by atoms with van der Waals surface area (Å²) >= 11 is 5.80. The van der Waals surface area contributed by atoms with Gasteiger partial charge in [0.05, 0.1) is 10.5 Å². The zero-order valence-corrected chi connectivity index (χ0v) is 15.9. The molecule has 2 aromatic heterocycles. The third-order valence-corrected chi connectivity index (χ3v) is 4.01. The molecule has 142 valence electrons. The highest BCUT2D eigenvalue weighted by Crippen LogP contribution is 2.23. The van der Waals surface area contributed by atoms with Gasteiger partial charge in [-0.1, -0.05) is 37.5 Å². The molecule has 0 saturated heterocycles. The predicted octanol–water partition coefficient (Wildman–Crippen LogP) is 4.46. The molecule has 0 saturated carbocycles. The number of H-pyrrole nitrogens is 1. The third-order valence-electron chi connectivity index (χ3n) is 3.72. The molecule has 27 heavy (non-hydrogen) atoms. The van der Waals surface area contributed by atoms with Gasteiger partial charge >= 0.3 is 0 Å². The highest BCUT2D eigenvalue weighted by Gasteiger charge is 2.16. The predicted molar refractivity (Wildman–Crippen MR) is 105 cm³/mol. The molecule has 0 unspecified atom stereocenters. The first-order chi connectivity index (χ1) is 12.8. The number of amidine groups is 1. The highest BCUT2D eigenvalue weighted by molar-refractivity contribution is 6.31. The van der Waals surface area contributed by atoms with Crippen molar-refractivity contribution in [1.82, 2.24) is 15.0 Å². The van der Waals surface area contributed by atoms with E-state index in [9.17, 15) is 9.60 Å². The molecule has 0 fully saturated rings. The van der Waals surface area contributed by atoms with Crippen LogP contribution in [-0.4, -0.2) is 32.5 Å². The van der Waals surface area contributed by atoms with Crippen molar-refractivity contribution >= 4 is 40.2 Å². The third kappa shape index (κ3) is 4.46. The maximum absolute atomic E-state index is 13.3. The summed E-state index contributed by atoms with van der Waals surface area (Å²) in [6.45, 7) is 7.05. The van der Waals surface area contributed by atoms with Gasteiger partial charge in [0.15, 0.2) is 11.5 Å². The van der Waals surface area contributed by atoms with Crippen LogP contribution in [0.5, 0.6) is 0 Å². The fourth-order valence-electron chi connectivity index (χ4n) is 2.40. The number of nitrogens with zero attached hydrogens (tertiary/aromatic N) is 3. The number of aromatic amines is 1. The van der Waals surface area contributed by atoms with E-state index in [1.165, 1.54) is 18.2 Å². The number of hydrogen-bond acceptors (Lipinski definition) is 5. The fourth-order valence-corrected chi connectivity index (χ4v) is 2.58. The van der Waals surface area contributed by atoms with Crippen LogP contribution in [0.3, 0.4) is 0 Å². The Hall–Kier alpha value is -2.87. The van der Waals surface area contributed by atoms with E-state index >= 15 is 0 Å². The van der Waals surface area contributed by atoms with Gasteiger partial charge in [-0.05, 0) is 29.7 Å². The summed E-state index contributed by atoms with van der Waals surface area (Å²) in [4.78, 5) is 11.8. The summed E-state index contributed by atoms with van der Waals surface area (Å²) < 4.78 is 13.3. The van der Waals surface area contributed by atoms with Crippen molar-refractivity contribution in [2.75, 3.05) is 17.2 Å². The molecule has 0 aliphatic heterocycles. The Labute approximate surface area is 160 Å². The Balaban J connectivity index is 1.91. The van der Waals surface area contributed by atoms with E-state index < -0.39 is 5.82 Å². The van der Waals surface area contributed by atoms with E-state index in [0.717, 1.165) is 6.54 Å². The smallest absolute Gasteiger partial charge is 0.202 e. The summed E-state index contributed by atoms with van der Waals surface area (Å²) in [6, 6.07) is 5.81. The highest BCUT2D eigenvalue weighted by atomic mass is 35.5. The summed E-state index contributed by atoms with van der Waals surface area (Å²) in [7, 11) is 0. The number of anilines is 2. The van der Waals surface area contributed by atoms with Gasteiger partial charge in [0.1, 0.15) is 5.82 Å². The van der Waals surface area contributed by atoms with Crippen LogP contribution in [0.2, 0.25) is 5.02 Å². The topological polar surface area (TPSA) is 98.2 Å². The molecule has 0 amide bonds. The van der Waals surface area contributed by atoms with E-state index in [0.29, 0.717) is 28.4 Å². The van der Waals surface area contributed by atoms with Crippen LogP contribution in [0.25, 0.3) is 11.2 Å². The van der Waals surface area contributed by atoms with E-state index in [4.69, 9.17) is 11.6 Å². The van der Waals surface area contributed by atoms with Gasteiger partial charge in [0.2, 0.25) is 5.95 Å². The summed E-state index contributed by atoms with van der Waals surface area (Å²) in [5, 5.41) is 18.9. The monoisotopic (exact) mass is 390 g/mol. The quantitative estimate of drug-likeness (QED) is 0.228. The Morgan fingerprint density at radius 2 is 2.11 bits per heavy atom. The average Bonchev–Trinajstić information content (AvgIpc) is 3.03. The van der Waals surface area contributed by atoms with Crippen LogP contribution in [0, 0.1) is 11.2 Å². The van der Waals surface area contributed by atoms with E-state index in [1.54, 1.807) is 12.3 Å². The first kappa shape index (κ1) is 18.9. The Morgan fingerprint density at radius 3 is 2.78 bits per heavy atom. The summed E-state index contributed by atoms with van der Waals surface area (Å²) in [5.74, 6) is 0.192. The molecule has 0 atom stereocenters. The molecule has 0 radical (unpaired) electrons. The van der Waals surface area contributed by atoms with Crippen molar-refractivity contribution in [3.8, 4) is 0 Å². The molecule has 4 N–H and O–H groups in total. The Bertz CT molecular complexity index is 995. The second kappa shape index (κ2) is 7.40. The van der Waals surface area contributed by atoms with Crippen molar-refractivity contribution < 1.29 is 9.60 Å². The second-order valence-electron chi connectivity index (χ2n) is 7.26. The van der Waals surface area contributed by atoms with Gasteiger partial charge in [-0.15, -0.1) is 0 Å². The number of halogens is 2. The van der Waals surface area contributed by atoms with Crippen molar-refractivity contribution in [3.63, 3.8) is 0 Å². The maximum atomic E-state index is 13.3. The first-order valence-electron chi connectivity index (χ1n) is 8.30. The van der Waals surface area contributed by atoms with Crippen LogP contribution in [0.4, 0.5) is 16.0 Å². The van der Waals surface area contributed by atoms with Crippen LogP contribution >= 0.6 is 11.6 Å². The maximum Gasteiger partial charge on any atom is 0.202 e. The van der Waals surface area contributed by atoms with Gasteiger partial charge in [-0.3, -0.25) is 0 Å². The summed E-state index contributed by atoms with van der Waals surface area (Å²) in [6.07, 6.45) is 1.57. The largest absolute Gasteiger partial charge is 0.409 e. The minimum absolute atomic E-state index is 0.0348. The van der Waals surface area contributed by atoms with E-state index in [1.807, 2.05) is 0 Å². The molecule has 0 spiro atoms. The van der Waals surface area contributed by atoms with E-state index in [2.05, 4.69) is 51.5 Å². The van der Waals surface area contributed by atoms with Crippen LogP contribution in [0.1, 0.15) is 26.3 Å². The van der Waals surface area contributed by atoms with Gasteiger partial charge in [0.25, 0.3) is 0 Å². The average molecular weight is 391 g/mol. The lowest BCUT2D eigenvalue weighted by Crippen LogP contribution is -2.19. The standard InChI is InChI=1S/C18H20ClFN6O/c1-18(2,3)9-22-17-24-14-11(6-7-21-16(14)25-17)15(26-27)23-10-4-5-13(20)12(19)8-10/h4-8,27H,9H2,1-3H3,(H,23,26)(H2,21,22,24,25). The molecular weight excluding hydrogens is 371 g/mol. The SMILES string of the molecule is CC(C)(C)CNc1nc2nccc(/C(=N\O)Nc3ccc(F)c(Cl)c3)c2[nH]1. The van der Waals surface area contributed by atoms with Crippen molar-refractivity contribution in [3.05, 3.63) is 46.9 Å². The van der Waals surface area contributed by atoms with Gasteiger partial charge in [0, 0.05) is 24.0 Å². The molecule has 7 nitrogen and oxygen atoms in total. The summed E-state index contributed by atoms with van der Waals surface area (Å²) in [5.41, 5.74) is 2.19. The number of fused-ring (bicyclic) bond motifs is 1. The van der Waals surface area contributed by atoms with Crippen LogP contribution < -0.4 is 10.6 Å². The zero-order chi connectivity index (χ0) is 19.6. The van der Waals surface area contributed by atoms with Crippen molar-refractivity contribution in [2.45, 2.75) is 20.8 Å². The first-order valence-corrected chi connectivity index (χ1v) is 8.68. The lowest BCUT2D eigenvalue weighted by Gasteiger charge is -2.17. The number of oxime groups is 1. The molecule has 3 rings (SSSR count). The number of nitrogens with one attached hydrogen (secondary N) is 3. The molecule has 0 aliphatic rings. The van der Waals surface area contributed by atoms with E-state index in [-0.39, 0.29) is 16.3 Å². The number of aromatic nitrogens is 3. The van der Waals surface area contributed by atoms with Gasteiger partial charge in [-0.2, -0.15) is 4.98 Å². The molecule has 3 aromatic rings. The van der Waals surface area contributed by atoms with Crippen LogP contribution in [0.15, 0.2) is 35.6 Å². The van der Waals surface area contributed by atoms with Gasteiger partial charge in [-0.25, -0.2) is 9.37 Å². The molecule has 2 heterocycles.